The Labute approximate surface area is 126 Å². The van der Waals surface area contributed by atoms with E-state index in [0.29, 0.717) is 22.8 Å². The second-order valence-corrected chi connectivity index (χ2v) is 7.64. The van der Waals surface area contributed by atoms with Gasteiger partial charge in [-0.3, -0.25) is 9.59 Å². The van der Waals surface area contributed by atoms with E-state index in [1.54, 1.807) is 0 Å². The number of amides is 1. The maximum absolute atomic E-state index is 12.3. The standard InChI is InChI=1S/C12H14N2O5S2/c1-14(7-12(16)17)21(18,19)8-2-3-9-10(6-8)20-5-4-11(15)13-9/h2-3,6H,4-5,7H2,1H3,(H,13,15)(H,16,17). The number of carboxylic acids is 1. The number of hydrogen-bond acceptors (Lipinski definition) is 5. The van der Waals surface area contributed by atoms with Gasteiger partial charge in [-0.15, -0.1) is 11.8 Å². The van der Waals surface area contributed by atoms with Crippen LogP contribution in [0.2, 0.25) is 0 Å². The summed E-state index contributed by atoms with van der Waals surface area (Å²) in [6, 6.07) is 4.34. The Bertz CT molecular complexity index is 687. The largest absolute Gasteiger partial charge is 0.480 e. The molecule has 1 aliphatic rings. The first-order valence-corrected chi connectivity index (χ1v) is 8.48. The number of nitrogens with zero attached hydrogens (tertiary/aromatic N) is 1. The zero-order valence-electron chi connectivity index (χ0n) is 11.2. The maximum atomic E-state index is 12.3. The van der Waals surface area contributed by atoms with Crippen molar-refractivity contribution in [3.05, 3.63) is 18.2 Å². The van der Waals surface area contributed by atoms with Gasteiger partial charge in [-0.25, -0.2) is 8.42 Å². The Balaban J connectivity index is 2.35. The number of sulfonamides is 1. The molecule has 1 aromatic rings. The third-order valence-corrected chi connectivity index (χ3v) is 5.74. The number of benzene rings is 1. The number of hydrogen-bond donors (Lipinski definition) is 2. The molecule has 0 atom stereocenters. The number of nitrogens with one attached hydrogen (secondary N) is 1. The zero-order valence-corrected chi connectivity index (χ0v) is 12.8. The Kier molecular flexibility index (Phi) is 4.55. The highest BCUT2D eigenvalue weighted by atomic mass is 32.2. The smallest absolute Gasteiger partial charge is 0.318 e. The van der Waals surface area contributed by atoms with Gasteiger partial charge >= 0.3 is 5.97 Å². The van der Waals surface area contributed by atoms with E-state index in [9.17, 15) is 18.0 Å². The topological polar surface area (TPSA) is 104 Å². The predicted octanol–water partition coefficient (Wildman–Crippen LogP) is 0.826. The van der Waals surface area contributed by atoms with E-state index in [4.69, 9.17) is 5.11 Å². The third kappa shape index (κ3) is 3.55. The summed E-state index contributed by atoms with van der Waals surface area (Å²) in [6.45, 7) is -0.608. The molecule has 21 heavy (non-hydrogen) atoms. The van der Waals surface area contributed by atoms with Crippen LogP contribution in [0.4, 0.5) is 5.69 Å². The van der Waals surface area contributed by atoms with Gasteiger partial charge in [0.25, 0.3) is 0 Å². The van der Waals surface area contributed by atoms with E-state index in [-0.39, 0.29) is 10.8 Å². The molecule has 0 radical (unpaired) electrons. The van der Waals surface area contributed by atoms with Crippen LogP contribution in [0.5, 0.6) is 0 Å². The highest BCUT2D eigenvalue weighted by molar-refractivity contribution is 7.99. The molecule has 114 valence electrons. The second kappa shape index (κ2) is 6.04. The highest BCUT2D eigenvalue weighted by Crippen LogP contribution is 2.33. The van der Waals surface area contributed by atoms with Gasteiger partial charge in [-0.05, 0) is 18.2 Å². The Morgan fingerprint density at radius 3 is 2.86 bits per heavy atom. The second-order valence-electron chi connectivity index (χ2n) is 4.46. The van der Waals surface area contributed by atoms with Crippen molar-refractivity contribution in [1.82, 2.24) is 4.31 Å². The fraction of sp³-hybridized carbons (Fsp3) is 0.333. The van der Waals surface area contributed by atoms with Gasteiger partial charge in [0.2, 0.25) is 15.9 Å². The van der Waals surface area contributed by atoms with Crippen LogP contribution in [0.25, 0.3) is 0 Å². The molecule has 9 heteroatoms. The molecule has 0 spiro atoms. The number of carbonyl (C=O) groups is 2. The van der Waals surface area contributed by atoms with E-state index < -0.39 is 22.5 Å². The van der Waals surface area contributed by atoms with Gasteiger partial charge in [-0.1, -0.05) is 0 Å². The van der Waals surface area contributed by atoms with E-state index in [0.717, 1.165) is 4.31 Å². The third-order valence-electron chi connectivity index (χ3n) is 2.88. The van der Waals surface area contributed by atoms with Gasteiger partial charge in [0.15, 0.2) is 0 Å². The van der Waals surface area contributed by atoms with Gasteiger partial charge in [0.05, 0.1) is 10.6 Å². The highest BCUT2D eigenvalue weighted by Gasteiger charge is 2.24. The summed E-state index contributed by atoms with van der Waals surface area (Å²) in [5.41, 5.74) is 0.572. The summed E-state index contributed by atoms with van der Waals surface area (Å²) in [6.07, 6.45) is 0.361. The van der Waals surface area contributed by atoms with Crippen LogP contribution in [-0.4, -0.2) is 49.1 Å². The number of fused-ring (bicyclic) bond motifs is 1. The number of carbonyl (C=O) groups excluding carboxylic acids is 1. The minimum atomic E-state index is -3.87. The molecule has 0 aliphatic carbocycles. The number of aliphatic carboxylic acids is 1. The number of anilines is 1. The molecule has 2 rings (SSSR count). The van der Waals surface area contributed by atoms with E-state index in [1.807, 2.05) is 0 Å². The fourth-order valence-corrected chi connectivity index (χ4v) is 4.02. The van der Waals surface area contributed by atoms with Crippen molar-refractivity contribution in [2.75, 3.05) is 24.7 Å². The first-order chi connectivity index (χ1) is 9.80. The molecule has 2 N–H and O–H groups in total. The van der Waals surface area contributed by atoms with Crippen LogP contribution in [0, 0.1) is 0 Å². The average molecular weight is 330 g/mol. The first kappa shape index (κ1) is 15.8. The van der Waals surface area contributed by atoms with Crippen molar-refractivity contribution in [1.29, 1.82) is 0 Å². The molecule has 1 amide bonds. The van der Waals surface area contributed by atoms with E-state index in [2.05, 4.69) is 5.32 Å². The zero-order chi connectivity index (χ0) is 15.6. The Hall–Kier alpha value is -1.58. The van der Waals surface area contributed by atoms with Crippen molar-refractivity contribution in [3.63, 3.8) is 0 Å². The van der Waals surface area contributed by atoms with Crippen molar-refractivity contribution < 1.29 is 23.1 Å². The summed E-state index contributed by atoms with van der Waals surface area (Å²) < 4.78 is 25.3. The summed E-state index contributed by atoms with van der Waals surface area (Å²) in [5.74, 6) is -0.773. The van der Waals surface area contributed by atoms with Crippen molar-refractivity contribution in [2.24, 2.45) is 0 Å². The number of likely N-dealkylation sites (N-methyl/N-ethyl adjacent to an activating group) is 1. The molecule has 0 bridgehead atoms. The molecule has 1 aliphatic heterocycles. The lowest BCUT2D eigenvalue weighted by atomic mass is 10.3. The van der Waals surface area contributed by atoms with Gasteiger partial charge < -0.3 is 10.4 Å². The fourth-order valence-electron chi connectivity index (χ4n) is 1.81. The minimum absolute atomic E-state index is 0.00801. The molecule has 1 heterocycles. The molecular formula is C12H14N2O5S2. The van der Waals surface area contributed by atoms with E-state index >= 15 is 0 Å². The lowest BCUT2D eigenvalue weighted by Crippen LogP contribution is -2.32. The summed E-state index contributed by atoms with van der Waals surface area (Å²) in [7, 11) is -2.65. The lowest BCUT2D eigenvalue weighted by molar-refractivity contribution is -0.137. The molecule has 0 aromatic heterocycles. The maximum Gasteiger partial charge on any atom is 0.318 e. The van der Waals surface area contributed by atoms with Crippen LogP contribution in [0.1, 0.15) is 6.42 Å². The van der Waals surface area contributed by atoms with Crippen molar-refractivity contribution >= 4 is 39.3 Å². The van der Waals surface area contributed by atoms with Crippen LogP contribution >= 0.6 is 11.8 Å². The summed E-state index contributed by atoms with van der Waals surface area (Å²) >= 11 is 1.39. The molecule has 7 nitrogen and oxygen atoms in total. The van der Waals surface area contributed by atoms with Crippen LogP contribution in [-0.2, 0) is 19.6 Å². The first-order valence-electron chi connectivity index (χ1n) is 6.05. The molecule has 0 saturated carbocycles. The van der Waals surface area contributed by atoms with Crippen molar-refractivity contribution in [3.8, 4) is 0 Å². The normalized spacial score (nSPS) is 15.2. The minimum Gasteiger partial charge on any atom is -0.480 e. The summed E-state index contributed by atoms with van der Waals surface area (Å²) in [5, 5.41) is 11.4. The molecule has 1 aromatic carbocycles. The van der Waals surface area contributed by atoms with Gasteiger partial charge in [-0.2, -0.15) is 4.31 Å². The van der Waals surface area contributed by atoms with Crippen LogP contribution in [0.15, 0.2) is 28.0 Å². The molecule has 0 fully saturated rings. The van der Waals surface area contributed by atoms with Crippen LogP contribution in [0.3, 0.4) is 0 Å². The quantitative estimate of drug-likeness (QED) is 0.847. The molecular weight excluding hydrogens is 316 g/mol. The monoisotopic (exact) mass is 330 g/mol. The average Bonchev–Trinajstić information content (AvgIpc) is 2.57. The Morgan fingerprint density at radius 2 is 2.19 bits per heavy atom. The molecule has 0 saturated heterocycles. The number of rotatable bonds is 4. The van der Waals surface area contributed by atoms with Gasteiger partial charge in [0.1, 0.15) is 6.54 Å². The SMILES string of the molecule is CN(CC(=O)O)S(=O)(=O)c1ccc2c(c1)SCCC(=O)N2. The number of thioether (sulfide) groups is 1. The molecule has 0 unspecified atom stereocenters. The van der Waals surface area contributed by atoms with Gasteiger partial charge in [0, 0.05) is 24.1 Å². The summed E-state index contributed by atoms with van der Waals surface area (Å²) in [4.78, 5) is 22.8. The predicted molar refractivity (Wildman–Crippen MR) is 77.9 cm³/mol. The Morgan fingerprint density at radius 1 is 1.48 bits per heavy atom. The van der Waals surface area contributed by atoms with Crippen LogP contribution < -0.4 is 5.32 Å². The van der Waals surface area contributed by atoms with E-state index in [1.165, 1.54) is 37.0 Å². The lowest BCUT2D eigenvalue weighted by Gasteiger charge is -2.16. The number of carboxylic acid groups (broad SMARTS) is 1. The van der Waals surface area contributed by atoms with Crippen molar-refractivity contribution in [2.45, 2.75) is 16.2 Å².